The quantitative estimate of drug-likeness (QED) is 0.221. The molecule has 8 nitrogen and oxygen atoms in total. The zero-order valence-corrected chi connectivity index (χ0v) is 18.6. The van der Waals surface area contributed by atoms with Crippen LogP contribution in [0.15, 0.2) is 77.8 Å². The lowest BCUT2D eigenvalue weighted by Crippen LogP contribution is -2.26. The van der Waals surface area contributed by atoms with Gasteiger partial charge in [0, 0.05) is 35.3 Å². The van der Waals surface area contributed by atoms with E-state index in [1.165, 1.54) is 6.07 Å². The first kappa shape index (κ1) is 22.3. The zero-order chi connectivity index (χ0) is 23.8. The maximum atomic E-state index is 12.9. The number of likely N-dealkylation sites (N-methyl/N-ethyl adjacent to an activating group) is 1. The molecule has 168 valence electrons. The second-order valence-electron chi connectivity index (χ2n) is 7.63. The Bertz CT molecular complexity index is 1470. The van der Waals surface area contributed by atoms with Crippen molar-refractivity contribution in [1.29, 1.82) is 5.41 Å². The molecule has 7 N–H and O–H groups in total. The molecule has 3 aromatic carbocycles. The monoisotopic (exact) mass is 461 g/mol. The van der Waals surface area contributed by atoms with E-state index in [1.807, 2.05) is 6.07 Å². The van der Waals surface area contributed by atoms with Gasteiger partial charge in [0.1, 0.15) is 5.84 Å². The van der Waals surface area contributed by atoms with Crippen LogP contribution in [0.25, 0.3) is 22.0 Å². The summed E-state index contributed by atoms with van der Waals surface area (Å²) < 4.78 is 24.0. The Morgan fingerprint density at radius 1 is 1.06 bits per heavy atom. The number of H-pyrrole nitrogens is 1. The summed E-state index contributed by atoms with van der Waals surface area (Å²) in [5, 5.41) is 16.6. The second kappa shape index (κ2) is 8.53. The van der Waals surface area contributed by atoms with Gasteiger partial charge in [0.25, 0.3) is 0 Å². The van der Waals surface area contributed by atoms with E-state index >= 15 is 0 Å². The number of carbonyl (C=O) groups excluding carboxylic acids is 1. The predicted molar refractivity (Wildman–Crippen MR) is 128 cm³/mol. The van der Waals surface area contributed by atoms with Crippen LogP contribution in [0.5, 0.6) is 0 Å². The number of benzene rings is 3. The Labute approximate surface area is 191 Å². The van der Waals surface area contributed by atoms with Crippen molar-refractivity contribution in [3.05, 3.63) is 89.6 Å². The highest BCUT2D eigenvalue weighted by molar-refractivity contribution is 7.89. The van der Waals surface area contributed by atoms with Crippen molar-refractivity contribution in [3.8, 4) is 11.1 Å². The Morgan fingerprint density at radius 2 is 1.76 bits per heavy atom. The highest BCUT2D eigenvalue weighted by atomic mass is 32.2. The van der Waals surface area contributed by atoms with Gasteiger partial charge < -0.3 is 16.0 Å². The van der Waals surface area contributed by atoms with Crippen LogP contribution in [-0.4, -0.2) is 32.2 Å². The van der Waals surface area contributed by atoms with Gasteiger partial charge in [0.05, 0.1) is 10.8 Å². The molecule has 0 aliphatic heterocycles. The van der Waals surface area contributed by atoms with E-state index in [1.54, 1.807) is 67.8 Å². The molecule has 9 heteroatoms. The average molecular weight is 462 g/mol. The van der Waals surface area contributed by atoms with E-state index in [2.05, 4.69) is 10.3 Å². The number of rotatable bonds is 6. The minimum atomic E-state index is -3.89. The van der Waals surface area contributed by atoms with Gasteiger partial charge in [-0.2, -0.15) is 0 Å². The van der Waals surface area contributed by atoms with E-state index in [0.717, 1.165) is 22.0 Å². The van der Waals surface area contributed by atoms with Crippen LogP contribution in [0.4, 0.5) is 0 Å². The number of primary sulfonamides is 1. The lowest BCUT2D eigenvalue weighted by Gasteiger charge is -2.17. The van der Waals surface area contributed by atoms with E-state index < -0.39 is 15.9 Å². The van der Waals surface area contributed by atoms with Gasteiger partial charge in [-0.3, -0.25) is 10.2 Å². The first-order valence-electron chi connectivity index (χ1n) is 10.1. The summed E-state index contributed by atoms with van der Waals surface area (Å²) in [5.41, 5.74) is 9.65. The fourth-order valence-electron chi connectivity index (χ4n) is 3.97. The number of sulfonamides is 1. The van der Waals surface area contributed by atoms with E-state index in [4.69, 9.17) is 16.3 Å². The molecule has 4 aromatic rings. The topological polar surface area (TPSA) is 155 Å². The van der Waals surface area contributed by atoms with E-state index in [0.29, 0.717) is 16.7 Å². The Hall–Kier alpha value is -3.95. The maximum absolute atomic E-state index is 12.9. The van der Waals surface area contributed by atoms with Crippen molar-refractivity contribution in [2.24, 2.45) is 10.9 Å². The molecule has 33 heavy (non-hydrogen) atoms. The molecule has 0 saturated heterocycles. The zero-order valence-electron chi connectivity index (χ0n) is 17.8. The van der Waals surface area contributed by atoms with Gasteiger partial charge in [-0.05, 0) is 41.0 Å². The highest BCUT2D eigenvalue weighted by Crippen LogP contribution is 2.34. The predicted octanol–water partition coefficient (Wildman–Crippen LogP) is 2.64. The fraction of sp³-hybridized carbons (Fsp3) is 0.0833. The van der Waals surface area contributed by atoms with Crippen molar-refractivity contribution in [2.75, 3.05) is 7.05 Å². The van der Waals surface area contributed by atoms with Crippen LogP contribution in [0, 0.1) is 5.41 Å². The number of nitrogens with one attached hydrogen (secondary N) is 3. The number of amides is 1. The SMILES string of the molecule is CNC(=O)C(c1ccc(-c2ccccc2S(N)(=O)=O)cc1)c1c[nH]c2ccc(C(=N)N)cc12. The average Bonchev–Trinajstić information content (AvgIpc) is 3.22. The lowest BCUT2D eigenvalue weighted by molar-refractivity contribution is -0.121. The van der Waals surface area contributed by atoms with Crippen molar-refractivity contribution in [2.45, 2.75) is 10.8 Å². The molecule has 0 saturated carbocycles. The molecule has 1 atom stereocenters. The fourth-order valence-corrected chi connectivity index (χ4v) is 4.73. The van der Waals surface area contributed by atoms with Crippen molar-refractivity contribution < 1.29 is 13.2 Å². The molecular weight excluding hydrogens is 438 g/mol. The molecule has 0 spiro atoms. The molecule has 1 aromatic heterocycles. The number of aromatic nitrogens is 1. The number of nitrogen functional groups attached to an aromatic ring is 1. The summed E-state index contributed by atoms with van der Waals surface area (Å²) in [4.78, 5) is 16.1. The minimum absolute atomic E-state index is 0.0361. The van der Waals surface area contributed by atoms with Crippen molar-refractivity contribution >= 4 is 32.7 Å². The van der Waals surface area contributed by atoms with Crippen LogP contribution in [0.1, 0.15) is 22.6 Å². The number of amidine groups is 1. The summed E-state index contributed by atoms with van der Waals surface area (Å²) in [6.45, 7) is 0. The molecule has 1 unspecified atom stereocenters. The summed E-state index contributed by atoms with van der Waals surface area (Å²) in [6, 6.07) is 19.0. The number of aromatic amines is 1. The first-order valence-corrected chi connectivity index (χ1v) is 11.6. The standard InChI is InChI=1S/C24H23N5O3S/c1-28-24(30)22(19-13-29-20-11-10-16(23(25)26)12-18(19)20)15-8-6-14(7-9-15)17-4-2-3-5-21(17)33(27,31)32/h2-13,22,29H,1H3,(H3,25,26)(H,28,30)(H2,27,31,32). The molecule has 0 aliphatic carbocycles. The van der Waals surface area contributed by atoms with Gasteiger partial charge in [-0.15, -0.1) is 0 Å². The van der Waals surface area contributed by atoms with Crippen LogP contribution >= 0.6 is 0 Å². The van der Waals surface area contributed by atoms with Gasteiger partial charge in [-0.1, -0.05) is 42.5 Å². The van der Waals surface area contributed by atoms with Crippen LogP contribution in [-0.2, 0) is 14.8 Å². The number of nitrogens with two attached hydrogens (primary N) is 2. The third kappa shape index (κ3) is 4.23. The molecule has 0 radical (unpaired) electrons. The minimum Gasteiger partial charge on any atom is -0.384 e. The van der Waals surface area contributed by atoms with Crippen molar-refractivity contribution in [3.63, 3.8) is 0 Å². The van der Waals surface area contributed by atoms with Gasteiger partial charge >= 0.3 is 0 Å². The third-order valence-corrected chi connectivity index (χ3v) is 6.56. The maximum Gasteiger partial charge on any atom is 0.238 e. The largest absolute Gasteiger partial charge is 0.384 e. The third-order valence-electron chi connectivity index (χ3n) is 5.59. The van der Waals surface area contributed by atoms with Crippen LogP contribution in [0.3, 0.4) is 0 Å². The summed E-state index contributed by atoms with van der Waals surface area (Å²) in [5.74, 6) is -0.895. The smallest absolute Gasteiger partial charge is 0.238 e. The molecular formula is C24H23N5O3S. The van der Waals surface area contributed by atoms with E-state index in [-0.39, 0.29) is 16.6 Å². The molecule has 1 heterocycles. The normalized spacial score (nSPS) is 12.4. The van der Waals surface area contributed by atoms with Crippen LogP contribution < -0.4 is 16.2 Å². The molecule has 0 bridgehead atoms. The summed E-state index contributed by atoms with van der Waals surface area (Å²) in [6.07, 6.45) is 1.78. The summed E-state index contributed by atoms with van der Waals surface area (Å²) in [7, 11) is -2.32. The Balaban J connectivity index is 1.81. The Kier molecular flexibility index (Phi) is 5.75. The lowest BCUT2D eigenvalue weighted by atomic mass is 9.88. The van der Waals surface area contributed by atoms with Crippen LogP contribution in [0.2, 0.25) is 0 Å². The van der Waals surface area contributed by atoms with E-state index in [9.17, 15) is 13.2 Å². The van der Waals surface area contributed by atoms with Crippen molar-refractivity contribution in [1.82, 2.24) is 10.3 Å². The first-order chi connectivity index (χ1) is 15.7. The molecule has 1 amide bonds. The second-order valence-corrected chi connectivity index (χ2v) is 9.16. The number of fused-ring (bicyclic) bond motifs is 1. The molecule has 4 rings (SSSR count). The van der Waals surface area contributed by atoms with Gasteiger partial charge in [0.2, 0.25) is 15.9 Å². The summed E-state index contributed by atoms with van der Waals surface area (Å²) >= 11 is 0. The number of hydrogen-bond donors (Lipinski definition) is 5. The number of hydrogen-bond acceptors (Lipinski definition) is 4. The Morgan fingerprint density at radius 3 is 2.39 bits per heavy atom. The molecule has 0 fully saturated rings. The van der Waals surface area contributed by atoms with Gasteiger partial charge in [0.15, 0.2) is 0 Å². The van der Waals surface area contributed by atoms with Gasteiger partial charge in [-0.25, -0.2) is 13.6 Å². The molecule has 0 aliphatic rings. The highest BCUT2D eigenvalue weighted by Gasteiger charge is 2.25. The number of carbonyl (C=O) groups is 1.